The van der Waals surface area contributed by atoms with Crippen LogP contribution in [0.4, 0.5) is 18.9 Å². The van der Waals surface area contributed by atoms with E-state index in [1.807, 2.05) is 4.90 Å². The number of morpholine rings is 1. The van der Waals surface area contributed by atoms with Crippen LogP contribution in [0, 0.1) is 0 Å². The fraction of sp³-hybridized carbons (Fsp3) is 0.385. The molecule has 3 N–H and O–H groups in total. The number of benzene rings is 1. The molecule has 110 valence electrons. The van der Waals surface area contributed by atoms with Gasteiger partial charge in [0.15, 0.2) is 0 Å². The van der Waals surface area contributed by atoms with Crippen molar-refractivity contribution in [2.45, 2.75) is 6.18 Å². The average Bonchev–Trinajstić information content (AvgIpc) is 2.46. The van der Waals surface area contributed by atoms with Crippen LogP contribution in [0.1, 0.15) is 11.1 Å². The number of anilines is 1. The Morgan fingerprint density at radius 2 is 1.95 bits per heavy atom. The lowest BCUT2D eigenvalue weighted by molar-refractivity contribution is -0.137. The number of hydrogen-bond donors (Lipinski definition) is 2. The number of nitrogens with one attached hydrogen (secondary N) is 1. The number of alkyl halides is 3. The summed E-state index contributed by atoms with van der Waals surface area (Å²) in [7, 11) is 0. The standard InChI is InChI=1S/C13H16F3N3O/c1-9(18-17)11-3-2-10(13(14,15)16)8-12(11)19-4-6-20-7-5-19/h2-3,8,18H,1,4-7,17H2. The predicted octanol–water partition coefficient (Wildman–Crippen LogP) is 1.98. The van der Waals surface area contributed by atoms with E-state index >= 15 is 0 Å². The minimum absolute atomic E-state index is 0.375. The van der Waals surface area contributed by atoms with Crippen LogP contribution >= 0.6 is 0 Å². The van der Waals surface area contributed by atoms with Crippen molar-refractivity contribution in [3.8, 4) is 0 Å². The summed E-state index contributed by atoms with van der Waals surface area (Å²) in [5.74, 6) is 5.31. The van der Waals surface area contributed by atoms with Gasteiger partial charge in [0.2, 0.25) is 0 Å². The van der Waals surface area contributed by atoms with Crippen LogP contribution in [0.25, 0.3) is 5.70 Å². The number of halogens is 3. The van der Waals surface area contributed by atoms with Crippen LogP contribution in [0.5, 0.6) is 0 Å². The smallest absolute Gasteiger partial charge is 0.378 e. The third-order valence-corrected chi connectivity index (χ3v) is 3.18. The van der Waals surface area contributed by atoms with E-state index in [4.69, 9.17) is 10.6 Å². The molecule has 20 heavy (non-hydrogen) atoms. The zero-order valence-electron chi connectivity index (χ0n) is 10.8. The van der Waals surface area contributed by atoms with Crippen LogP contribution in [0.3, 0.4) is 0 Å². The van der Waals surface area contributed by atoms with E-state index < -0.39 is 11.7 Å². The summed E-state index contributed by atoms with van der Waals surface area (Å²) >= 11 is 0. The molecule has 0 amide bonds. The molecule has 1 aliphatic heterocycles. The maximum atomic E-state index is 12.8. The summed E-state index contributed by atoms with van der Waals surface area (Å²) in [5.41, 5.74) is 3.09. The lowest BCUT2D eigenvalue weighted by atomic mass is 10.0. The van der Waals surface area contributed by atoms with Crippen LogP contribution in [-0.2, 0) is 10.9 Å². The number of nitrogens with two attached hydrogens (primary N) is 1. The maximum absolute atomic E-state index is 12.8. The number of hydrazine groups is 1. The Labute approximate surface area is 115 Å². The molecule has 0 aliphatic carbocycles. The molecular weight excluding hydrogens is 271 g/mol. The highest BCUT2D eigenvalue weighted by molar-refractivity contribution is 5.75. The number of hydrogen-bond acceptors (Lipinski definition) is 4. The first-order chi connectivity index (χ1) is 9.43. The second-order valence-electron chi connectivity index (χ2n) is 4.45. The molecule has 1 aromatic rings. The lowest BCUT2D eigenvalue weighted by Crippen LogP contribution is -2.37. The highest BCUT2D eigenvalue weighted by Gasteiger charge is 2.32. The Balaban J connectivity index is 2.44. The molecule has 7 heteroatoms. The second kappa shape index (κ2) is 5.72. The molecule has 1 aliphatic rings. The zero-order valence-corrected chi connectivity index (χ0v) is 10.8. The van der Waals surface area contributed by atoms with Gasteiger partial charge in [-0.15, -0.1) is 0 Å². The summed E-state index contributed by atoms with van der Waals surface area (Å²) in [4.78, 5) is 1.84. The van der Waals surface area contributed by atoms with Gasteiger partial charge in [-0.05, 0) is 12.1 Å². The molecule has 4 nitrogen and oxygen atoms in total. The second-order valence-corrected chi connectivity index (χ2v) is 4.45. The van der Waals surface area contributed by atoms with E-state index in [2.05, 4.69) is 12.0 Å². The fourth-order valence-electron chi connectivity index (χ4n) is 2.11. The van der Waals surface area contributed by atoms with Gasteiger partial charge in [0.1, 0.15) is 0 Å². The van der Waals surface area contributed by atoms with Crippen molar-refractivity contribution in [2.75, 3.05) is 31.2 Å². The van der Waals surface area contributed by atoms with Crippen molar-refractivity contribution < 1.29 is 17.9 Å². The maximum Gasteiger partial charge on any atom is 0.416 e. The lowest BCUT2D eigenvalue weighted by Gasteiger charge is -2.31. The third-order valence-electron chi connectivity index (χ3n) is 3.18. The van der Waals surface area contributed by atoms with E-state index in [1.54, 1.807) is 0 Å². The quantitative estimate of drug-likeness (QED) is 0.659. The van der Waals surface area contributed by atoms with E-state index in [9.17, 15) is 13.2 Å². The SMILES string of the molecule is C=C(NN)c1ccc(C(F)(F)F)cc1N1CCOCC1. The van der Waals surface area contributed by atoms with Gasteiger partial charge < -0.3 is 15.1 Å². The Kier molecular flexibility index (Phi) is 4.20. The molecular formula is C13H16F3N3O. The van der Waals surface area contributed by atoms with Gasteiger partial charge in [-0.25, -0.2) is 0 Å². The molecule has 0 spiro atoms. The average molecular weight is 287 g/mol. The van der Waals surface area contributed by atoms with Gasteiger partial charge in [-0.1, -0.05) is 12.6 Å². The minimum atomic E-state index is -4.38. The van der Waals surface area contributed by atoms with Gasteiger partial charge in [0, 0.05) is 24.3 Å². The largest absolute Gasteiger partial charge is 0.416 e. The van der Waals surface area contributed by atoms with Crippen molar-refractivity contribution in [1.29, 1.82) is 0 Å². The molecule has 0 bridgehead atoms. The van der Waals surface area contributed by atoms with Crippen molar-refractivity contribution in [3.05, 3.63) is 35.9 Å². The molecule has 1 aromatic carbocycles. The number of ether oxygens (including phenoxy) is 1. The van der Waals surface area contributed by atoms with Crippen molar-refractivity contribution in [3.63, 3.8) is 0 Å². The Morgan fingerprint density at radius 3 is 2.50 bits per heavy atom. The first-order valence-corrected chi connectivity index (χ1v) is 6.13. The summed E-state index contributed by atoms with van der Waals surface area (Å²) in [6.07, 6.45) is -4.38. The van der Waals surface area contributed by atoms with Crippen LogP contribution in [0.15, 0.2) is 24.8 Å². The molecule has 1 heterocycles. The summed E-state index contributed by atoms with van der Waals surface area (Å²) < 4.78 is 43.8. The Morgan fingerprint density at radius 1 is 1.30 bits per heavy atom. The summed E-state index contributed by atoms with van der Waals surface area (Å²) in [5, 5.41) is 0. The molecule has 0 unspecified atom stereocenters. The fourth-order valence-corrected chi connectivity index (χ4v) is 2.11. The first kappa shape index (κ1) is 14.7. The molecule has 0 aromatic heterocycles. The van der Waals surface area contributed by atoms with Crippen molar-refractivity contribution in [2.24, 2.45) is 5.84 Å². The Bertz CT molecular complexity index is 496. The molecule has 1 fully saturated rings. The topological polar surface area (TPSA) is 50.5 Å². The summed E-state index contributed by atoms with van der Waals surface area (Å²) in [6, 6.07) is 3.54. The van der Waals surface area contributed by atoms with Gasteiger partial charge in [-0.3, -0.25) is 5.84 Å². The number of nitrogens with zero attached hydrogens (tertiary/aromatic N) is 1. The Hall–Kier alpha value is -1.73. The third kappa shape index (κ3) is 3.05. The van der Waals surface area contributed by atoms with Gasteiger partial charge >= 0.3 is 6.18 Å². The molecule has 0 radical (unpaired) electrons. The normalized spacial score (nSPS) is 16.1. The van der Waals surface area contributed by atoms with E-state index in [0.717, 1.165) is 12.1 Å². The van der Waals surface area contributed by atoms with Crippen molar-refractivity contribution >= 4 is 11.4 Å². The van der Waals surface area contributed by atoms with Crippen molar-refractivity contribution in [1.82, 2.24) is 5.43 Å². The van der Waals surface area contributed by atoms with Crippen LogP contribution < -0.4 is 16.2 Å². The molecule has 0 saturated carbocycles. The molecule has 0 atom stereocenters. The van der Waals surface area contributed by atoms with E-state index in [0.29, 0.717) is 43.3 Å². The summed E-state index contributed by atoms with van der Waals surface area (Å²) in [6.45, 7) is 5.75. The van der Waals surface area contributed by atoms with Gasteiger partial charge in [0.25, 0.3) is 0 Å². The monoisotopic (exact) mass is 287 g/mol. The van der Waals surface area contributed by atoms with Gasteiger partial charge in [0.05, 0.1) is 24.5 Å². The first-order valence-electron chi connectivity index (χ1n) is 6.13. The molecule has 1 saturated heterocycles. The highest BCUT2D eigenvalue weighted by atomic mass is 19.4. The zero-order chi connectivity index (χ0) is 14.8. The minimum Gasteiger partial charge on any atom is -0.378 e. The van der Waals surface area contributed by atoms with Crippen LogP contribution in [0.2, 0.25) is 0 Å². The number of rotatable bonds is 3. The highest BCUT2D eigenvalue weighted by Crippen LogP contribution is 2.35. The molecule has 2 rings (SSSR count). The van der Waals surface area contributed by atoms with Crippen LogP contribution in [-0.4, -0.2) is 26.3 Å². The van der Waals surface area contributed by atoms with Gasteiger partial charge in [-0.2, -0.15) is 13.2 Å². The van der Waals surface area contributed by atoms with E-state index in [1.165, 1.54) is 6.07 Å². The predicted molar refractivity (Wildman–Crippen MR) is 70.8 cm³/mol. The van der Waals surface area contributed by atoms with E-state index in [-0.39, 0.29) is 0 Å².